The van der Waals surface area contributed by atoms with Crippen LogP contribution < -0.4 is 5.73 Å². The van der Waals surface area contributed by atoms with E-state index in [4.69, 9.17) is 5.73 Å². The smallest absolute Gasteiger partial charge is 0.325 e. The lowest BCUT2D eigenvalue weighted by Gasteiger charge is -2.06. The van der Waals surface area contributed by atoms with Crippen LogP contribution in [0.15, 0.2) is 21.6 Å². The number of hydrogen-bond acceptors (Lipinski definition) is 3. The van der Waals surface area contributed by atoms with Crippen LogP contribution in [0.5, 0.6) is 0 Å². The normalized spacial score (nSPS) is 11.8. The number of pyridine rings is 1. The highest BCUT2D eigenvalue weighted by atomic mass is 79.9. The number of aromatic nitrogens is 1. The van der Waals surface area contributed by atoms with Gasteiger partial charge in [-0.05, 0) is 33.8 Å². The van der Waals surface area contributed by atoms with Crippen molar-refractivity contribution in [1.82, 2.24) is 4.98 Å². The minimum atomic E-state index is -4.29. The molecule has 1 rings (SSSR count). The van der Waals surface area contributed by atoms with E-state index < -0.39 is 5.51 Å². The van der Waals surface area contributed by atoms with Gasteiger partial charge in [-0.15, -0.1) is 0 Å². The zero-order valence-electron chi connectivity index (χ0n) is 6.81. The first-order chi connectivity index (χ1) is 6.42. The van der Waals surface area contributed by atoms with Crippen LogP contribution in [-0.4, -0.2) is 10.5 Å². The highest BCUT2D eigenvalue weighted by Crippen LogP contribution is 2.37. The third kappa shape index (κ3) is 3.47. The van der Waals surface area contributed by atoms with Crippen molar-refractivity contribution in [2.24, 2.45) is 5.73 Å². The summed E-state index contributed by atoms with van der Waals surface area (Å²) in [7, 11) is 0. The Morgan fingerprint density at radius 1 is 1.50 bits per heavy atom. The second-order valence-corrected chi connectivity index (χ2v) is 4.34. The van der Waals surface area contributed by atoms with Crippen molar-refractivity contribution in [2.75, 3.05) is 0 Å². The summed E-state index contributed by atoms with van der Waals surface area (Å²) in [5.41, 5.74) is 1.56. The molecule has 0 saturated heterocycles. The molecule has 0 atom stereocenters. The molecule has 0 aliphatic heterocycles. The number of alkyl halides is 3. The van der Waals surface area contributed by atoms with Crippen molar-refractivity contribution in [3.63, 3.8) is 0 Å². The van der Waals surface area contributed by atoms with E-state index in [2.05, 4.69) is 20.9 Å². The van der Waals surface area contributed by atoms with E-state index in [-0.39, 0.29) is 23.2 Å². The number of halogens is 4. The third-order valence-corrected chi connectivity index (χ3v) is 2.70. The number of nitrogens with zero attached hydrogens (tertiary/aromatic N) is 1. The highest BCUT2D eigenvalue weighted by molar-refractivity contribution is 9.10. The zero-order chi connectivity index (χ0) is 10.8. The maximum absolute atomic E-state index is 12.0. The highest BCUT2D eigenvalue weighted by Gasteiger charge is 2.29. The van der Waals surface area contributed by atoms with Crippen molar-refractivity contribution < 1.29 is 13.2 Å². The maximum atomic E-state index is 12.0. The number of hydrogen-bond donors (Lipinski definition) is 1. The molecule has 14 heavy (non-hydrogen) atoms. The Kier molecular flexibility index (Phi) is 3.79. The summed E-state index contributed by atoms with van der Waals surface area (Å²) in [6.07, 6.45) is 1.16. The van der Waals surface area contributed by atoms with Gasteiger partial charge in [-0.2, -0.15) is 13.2 Å². The molecular weight excluding hydrogens is 281 g/mol. The van der Waals surface area contributed by atoms with E-state index in [1.54, 1.807) is 0 Å². The van der Waals surface area contributed by atoms with Gasteiger partial charge in [0.15, 0.2) is 0 Å². The summed E-state index contributed by atoms with van der Waals surface area (Å²) >= 11 is 2.89. The van der Waals surface area contributed by atoms with Gasteiger partial charge in [-0.3, -0.25) is 4.98 Å². The SMILES string of the molecule is NCc1ncc(SC(F)(F)F)cc1Br. The first kappa shape index (κ1) is 11.8. The van der Waals surface area contributed by atoms with E-state index in [9.17, 15) is 13.2 Å². The largest absolute Gasteiger partial charge is 0.446 e. The second-order valence-electron chi connectivity index (χ2n) is 2.35. The van der Waals surface area contributed by atoms with E-state index in [1.807, 2.05) is 0 Å². The van der Waals surface area contributed by atoms with E-state index >= 15 is 0 Å². The van der Waals surface area contributed by atoms with Gasteiger partial charge in [-0.25, -0.2) is 0 Å². The quantitative estimate of drug-likeness (QED) is 0.850. The molecule has 1 aromatic rings. The van der Waals surface area contributed by atoms with Gasteiger partial charge in [-0.1, -0.05) is 0 Å². The average Bonchev–Trinajstić information content (AvgIpc) is 2.01. The Labute approximate surface area is 91.2 Å². The van der Waals surface area contributed by atoms with Crippen LogP contribution in [-0.2, 0) is 6.54 Å². The summed E-state index contributed by atoms with van der Waals surface area (Å²) < 4.78 is 36.3. The van der Waals surface area contributed by atoms with Gasteiger partial charge in [0.1, 0.15) is 0 Å². The van der Waals surface area contributed by atoms with Crippen LogP contribution in [0.4, 0.5) is 13.2 Å². The topological polar surface area (TPSA) is 38.9 Å². The van der Waals surface area contributed by atoms with Gasteiger partial charge >= 0.3 is 5.51 Å². The average molecular weight is 287 g/mol. The number of rotatable bonds is 2. The maximum Gasteiger partial charge on any atom is 0.446 e. The van der Waals surface area contributed by atoms with Crippen molar-refractivity contribution in [2.45, 2.75) is 16.9 Å². The fourth-order valence-corrected chi connectivity index (χ4v) is 2.00. The standard InChI is InChI=1S/C7H6BrF3N2S/c8-5-1-4(14-7(9,10)11)3-13-6(5)2-12/h1,3H,2,12H2. The van der Waals surface area contributed by atoms with Crippen LogP contribution in [0.3, 0.4) is 0 Å². The zero-order valence-corrected chi connectivity index (χ0v) is 9.21. The molecule has 0 bridgehead atoms. The summed E-state index contributed by atoms with van der Waals surface area (Å²) in [5, 5.41) is 0. The Morgan fingerprint density at radius 3 is 2.57 bits per heavy atom. The van der Waals surface area contributed by atoms with E-state index in [0.29, 0.717) is 10.2 Å². The van der Waals surface area contributed by atoms with Gasteiger partial charge in [0, 0.05) is 22.1 Å². The summed E-state index contributed by atoms with van der Waals surface area (Å²) in [5.74, 6) is 0. The van der Waals surface area contributed by atoms with Gasteiger partial charge < -0.3 is 5.73 Å². The number of thioether (sulfide) groups is 1. The van der Waals surface area contributed by atoms with E-state index in [0.717, 1.165) is 6.20 Å². The predicted molar refractivity (Wildman–Crippen MR) is 51.7 cm³/mol. The molecule has 1 heterocycles. The predicted octanol–water partition coefficient (Wildman–Crippen LogP) is 2.91. The Morgan fingerprint density at radius 2 is 2.14 bits per heavy atom. The molecule has 1 aromatic heterocycles. The van der Waals surface area contributed by atoms with E-state index in [1.165, 1.54) is 6.07 Å². The van der Waals surface area contributed by atoms with Crippen molar-refractivity contribution in [3.8, 4) is 0 Å². The minimum Gasteiger partial charge on any atom is -0.325 e. The Hall–Kier alpha value is -0.270. The van der Waals surface area contributed by atoms with Crippen LogP contribution in [0, 0.1) is 0 Å². The van der Waals surface area contributed by atoms with Crippen LogP contribution >= 0.6 is 27.7 Å². The molecule has 0 saturated carbocycles. The summed E-state index contributed by atoms with van der Waals surface area (Å²) in [6, 6.07) is 1.35. The molecule has 0 aliphatic carbocycles. The number of nitrogens with two attached hydrogens (primary N) is 1. The molecule has 0 unspecified atom stereocenters. The molecule has 0 aliphatic rings. The Balaban J connectivity index is 2.87. The van der Waals surface area contributed by atoms with Gasteiger partial charge in [0.05, 0.1) is 5.69 Å². The molecular formula is C7H6BrF3N2S. The monoisotopic (exact) mass is 286 g/mol. The van der Waals surface area contributed by atoms with Crippen LogP contribution in [0.25, 0.3) is 0 Å². The molecule has 2 N–H and O–H groups in total. The first-order valence-electron chi connectivity index (χ1n) is 3.52. The van der Waals surface area contributed by atoms with Gasteiger partial charge in [0.25, 0.3) is 0 Å². The molecule has 0 aromatic carbocycles. The Bertz CT molecular complexity index is 329. The molecule has 0 fully saturated rings. The molecule has 0 amide bonds. The molecule has 0 spiro atoms. The lowest BCUT2D eigenvalue weighted by Crippen LogP contribution is -2.02. The molecule has 2 nitrogen and oxygen atoms in total. The van der Waals surface area contributed by atoms with Gasteiger partial charge in [0.2, 0.25) is 0 Å². The molecule has 7 heteroatoms. The second kappa shape index (κ2) is 4.50. The van der Waals surface area contributed by atoms with Crippen LogP contribution in [0.2, 0.25) is 0 Å². The first-order valence-corrected chi connectivity index (χ1v) is 5.13. The molecule has 0 radical (unpaired) electrons. The fraction of sp³-hybridized carbons (Fsp3) is 0.286. The third-order valence-electron chi connectivity index (χ3n) is 1.32. The molecule has 78 valence electrons. The van der Waals surface area contributed by atoms with Crippen molar-refractivity contribution in [1.29, 1.82) is 0 Å². The fourth-order valence-electron chi connectivity index (χ4n) is 0.788. The van der Waals surface area contributed by atoms with Crippen molar-refractivity contribution >= 4 is 27.7 Å². The summed E-state index contributed by atoms with van der Waals surface area (Å²) in [4.78, 5) is 3.83. The van der Waals surface area contributed by atoms with Crippen molar-refractivity contribution in [3.05, 3.63) is 22.4 Å². The summed E-state index contributed by atoms with van der Waals surface area (Å²) in [6.45, 7) is 0.192. The lowest BCUT2D eigenvalue weighted by molar-refractivity contribution is -0.0328. The minimum absolute atomic E-state index is 0.0431. The lowest BCUT2D eigenvalue weighted by atomic mass is 10.3. The van der Waals surface area contributed by atoms with Crippen LogP contribution in [0.1, 0.15) is 5.69 Å².